The first-order chi connectivity index (χ1) is 10.2. The standard InChI is InChI=1S/C16H13FN2O2/c1-20-12-9-5-8-11(17)14(12)15-13(16(18)19-21-15)10-6-3-2-4-7-10/h2-9H,1H3,(H2,18,19). The van der Waals surface area contributed by atoms with Crippen LogP contribution in [0.5, 0.6) is 5.75 Å². The van der Waals surface area contributed by atoms with Crippen molar-refractivity contribution in [3.05, 3.63) is 54.3 Å². The first kappa shape index (κ1) is 13.2. The van der Waals surface area contributed by atoms with Gasteiger partial charge in [-0.2, -0.15) is 0 Å². The van der Waals surface area contributed by atoms with Crippen LogP contribution in [0.15, 0.2) is 53.1 Å². The molecule has 2 N–H and O–H groups in total. The first-order valence-corrected chi connectivity index (χ1v) is 6.36. The van der Waals surface area contributed by atoms with E-state index in [1.807, 2.05) is 30.3 Å². The minimum atomic E-state index is -0.456. The summed E-state index contributed by atoms with van der Waals surface area (Å²) in [7, 11) is 1.47. The third kappa shape index (κ3) is 2.23. The van der Waals surface area contributed by atoms with E-state index in [-0.39, 0.29) is 17.1 Å². The van der Waals surface area contributed by atoms with Gasteiger partial charge in [0, 0.05) is 0 Å². The number of hydrogen-bond donors (Lipinski definition) is 1. The Balaban J connectivity index is 2.27. The molecule has 0 radical (unpaired) electrons. The van der Waals surface area contributed by atoms with Gasteiger partial charge in [-0.05, 0) is 17.7 Å². The summed E-state index contributed by atoms with van der Waals surface area (Å²) in [4.78, 5) is 0. The highest BCUT2D eigenvalue weighted by molar-refractivity contribution is 5.88. The van der Waals surface area contributed by atoms with Crippen molar-refractivity contribution in [3.63, 3.8) is 0 Å². The van der Waals surface area contributed by atoms with Crippen LogP contribution in [0.1, 0.15) is 0 Å². The average Bonchev–Trinajstić information content (AvgIpc) is 2.89. The van der Waals surface area contributed by atoms with E-state index < -0.39 is 5.82 Å². The molecule has 1 aromatic heterocycles. The maximum atomic E-state index is 14.2. The Kier molecular flexibility index (Phi) is 3.31. The molecule has 0 amide bonds. The molecule has 0 aliphatic rings. The van der Waals surface area contributed by atoms with Crippen molar-refractivity contribution < 1.29 is 13.7 Å². The fourth-order valence-electron chi connectivity index (χ4n) is 2.25. The predicted octanol–water partition coefficient (Wildman–Crippen LogP) is 3.74. The molecule has 3 rings (SSSR count). The summed E-state index contributed by atoms with van der Waals surface area (Å²) in [5.74, 6) is 0.376. The lowest BCUT2D eigenvalue weighted by Crippen LogP contribution is -1.93. The SMILES string of the molecule is COc1cccc(F)c1-c1onc(N)c1-c1ccccc1. The molecule has 0 saturated carbocycles. The van der Waals surface area contributed by atoms with E-state index in [4.69, 9.17) is 15.0 Å². The number of hydrogen-bond acceptors (Lipinski definition) is 4. The van der Waals surface area contributed by atoms with E-state index in [0.29, 0.717) is 11.3 Å². The van der Waals surface area contributed by atoms with Crippen LogP contribution in [0.2, 0.25) is 0 Å². The van der Waals surface area contributed by atoms with E-state index in [9.17, 15) is 4.39 Å². The number of nitrogens with two attached hydrogens (primary N) is 1. The van der Waals surface area contributed by atoms with Crippen LogP contribution in [0.4, 0.5) is 10.2 Å². The molecule has 5 heteroatoms. The van der Waals surface area contributed by atoms with Crippen LogP contribution in [-0.2, 0) is 0 Å². The molecule has 0 aliphatic carbocycles. The molecule has 0 spiro atoms. The lowest BCUT2D eigenvalue weighted by molar-refractivity contribution is 0.402. The van der Waals surface area contributed by atoms with Gasteiger partial charge in [-0.3, -0.25) is 0 Å². The Labute approximate surface area is 120 Å². The van der Waals surface area contributed by atoms with Crippen molar-refractivity contribution in [3.8, 4) is 28.2 Å². The number of methoxy groups -OCH3 is 1. The van der Waals surface area contributed by atoms with Crippen molar-refractivity contribution in [2.24, 2.45) is 0 Å². The van der Waals surface area contributed by atoms with Gasteiger partial charge in [-0.25, -0.2) is 4.39 Å². The van der Waals surface area contributed by atoms with Crippen LogP contribution >= 0.6 is 0 Å². The summed E-state index contributed by atoms with van der Waals surface area (Å²) in [6.45, 7) is 0. The molecule has 0 atom stereocenters. The van der Waals surface area contributed by atoms with Gasteiger partial charge < -0.3 is 15.0 Å². The van der Waals surface area contributed by atoms with E-state index in [2.05, 4.69) is 5.16 Å². The monoisotopic (exact) mass is 284 g/mol. The number of anilines is 1. The summed E-state index contributed by atoms with van der Waals surface area (Å²) in [6.07, 6.45) is 0. The number of benzene rings is 2. The second kappa shape index (κ2) is 5.28. The molecule has 106 valence electrons. The van der Waals surface area contributed by atoms with Gasteiger partial charge in [0.15, 0.2) is 11.6 Å². The molecule has 1 heterocycles. The number of aromatic nitrogens is 1. The summed E-state index contributed by atoms with van der Waals surface area (Å²) in [5, 5.41) is 3.77. The second-order valence-corrected chi connectivity index (χ2v) is 4.46. The Bertz CT molecular complexity index is 769. The molecular weight excluding hydrogens is 271 g/mol. The van der Waals surface area contributed by atoms with E-state index in [1.54, 1.807) is 12.1 Å². The van der Waals surface area contributed by atoms with Crippen molar-refractivity contribution in [2.45, 2.75) is 0 Å². The average molecular weight is 284 g/mol. The van der Waals surface area contributed by atoms with Crippen molar-refractivity contribution in [2.75, 3.05) is 12.8 Å². The quantitative estimate of drug-likeness (QED) is 0.796. The molecule has 4 nitrogen and oxygen atoms in total. The topological polar surface area (TPSA) is 61.3 Å². The fraction of sp³-hybridized carbons (Fsp3) is 0.0625. The third-order valence-electron chi connectivity index (χ3n) is 3.20. The third-order valence-corrected chi connectivity index (χ3v) is 3.20. The lowest BCUT2D eigenvalue weighted by atomic mass is 10.0. The summed E-state index contributed by atoms with van der Waals surface area (Å²) in [6, 6.07) is 13.9. The molecule has 0 fully saturated rings. The summed E-state index contributed by atoms with van der Waals surface area (Å²) >= 11 is 0. The summed E-state index contributed by atoms with van der Waals surface area (Å²) in [5.41, 5.74) is 7.45. The molecule has 3 aromatic rings. The maximum absolute atomic E-state index is 14.2. The zero-order valence-electron chi connectivity index (χ0n) is 11.3. The van der Waals surface area contributed by atoms with Crippen molar-refractivity contribution in [1.82, 2.24) is 5.16 Å². The fourth-order valence-corrected chi connectivity index (χ4v) is 2.25. The number of ether oxygens (including phenoxy) is 1. The van der Waals surface area contributed by atoms with Gasteiger partial charge in [-0.1, -0.05) is 41.6 Å². The smallest absolute Gasteiger partial charge is 0.183 e. The number of rotatable bonds is 3. The van der Waals surface area contributed by atoms with Gasteiger partial charge in [0.2, 0.25) is 0 Å². The van der Waals surface area contributed by atoms with Gasteiger partial charge in [-0.15, -0.1) is 0 Å². The minimum absolute atomic E-state index is 0.210. The van der Waals surface area contributed by atoms with Gasteiger partial charge in [0.1, 0.15) is 11.6 Å². The highest BCUT2D eigenvalue weighted by Gasteiger charge is 2.23. The maximum Gasteiger partial charge on any atom is 0.183 e. The van der Waals surface area contributed by atoms with Crippen LogP contribution in [-0.4, -0.2) is 12.3 Å². The molecule has 0 aliphatic heterocycles. The largest absolute Gasteiger partial charge is 0.496 e. The van der Waals surface area contributed by atoms with Crippen LogP contribution in [0.3, 0.4) is 0 Å². The van der Waals surface area contributed by atoms with Crippen molar-refractivity contribution >= 4 is 5.82 Å². The van der Waals surface area contributed by atoms with Gasteiger partial charge in [0.05, 0.1) is 18.2 Å². The Morgan fingerprint density at radius 3 is 2.52 bits per heavy atom. The first-order valence-electron chi connectivity index (χ1n) is 6.36. The minimum Gasteiger partial charge on any atom is -0.496 e. The zero-order valence-corrected chi connectivity index (χ0v) is 11.3. The number of nitrogens with zero attached hydrogens (tertiary/aromatic N) is 1. The Morgan fingerprint density at radius 1 is 1.05 bits per heavy atom. The number of nitrogen functional groups attached to an aromatic ring is 1. The molecule has 2 aromatic carbocycles. The lowest BCUT2D eigenvalue weighted by Gasteiger charge is -2.08. The van der Waals surface area contributed by atoms with Gasteiger partial charge in [0.25, 0.3) is 0 Å². The predicted molar refractivity (Wildman–Crippen MR) is 78.3 cm³/mol. The van der Waals surface area contributed by atoms with E-state index >= 15 is 0 Å². The highest BCUT2D eigenvalue weighted by Crippen LogP contribution is 2.41. The van der Waals surface area contributed by atoms with E-state index in [0.717, 1.165) is 5.56 Å². The van der Waals surface area contributed by atoms with Crippen LogP contribution in [0.25, 0.3) is 22.5 Å². The molecule has 0 unspecified atom stereocenters. The Morgan fingerprint density at radius 2 is 1.81 bits per heavy atom. The Hall–Kier alpha value is -2.82. The van der Waals surface area contributed by atoms with E-state index in [1.165, 1.54) is 13.2 Å². The second-order valence-electron chi connectivity index (χ2n) is 4.46. The molecule has 0 saturated heterocycles. The highest BCUT2D eigenvalue weighted by atomic mass is 19.1. The zero-order chi connectivity index (χ0) is 14.8. The molecular formula is C16H13FN2O2. The number of halogens is 1. The van der Waals surface area contributed by atoms with Gasteiger partial charge >= 0.3 is 0 Å². The molecule has 0 bridgehead atoms. The van der Waals surface area contributed by atoms with Crippen LogP contribution in [0, 0.1) is 5.82 Å². The summed E-state index contributed by atoms with van der Waals surface area (Å²) < 4.78 is 24.7. The normalized spacial score (nSPS) is 10.6. The van der Waals surface area contributed by atoms with Crippen LogP contribution < -0.4 is 10.5 Å². The van der Waals surface area contributed by atoms with Crippen molar-refractivity contribution in [1.29, 1.82) is 0 Å². The molecule has 21 heavy (non-hydrogen) atoms.